The number of aliphatic carboxylic acids is 1. The van der Waals surface area contributed by atoms with E-state index in [9.17, 15) is 4.79 Å². The van der Waals surface area contributed by atoms with Gasteiger partial charge in [0.25, 0.3) is 0 Å². The first-order valence-corrected chi connectivity index (χ1v) is 5.84. The number of methoxy groups -OCH3 is 1. The Morgan fingerprint density at radius 1 is 1.61 bits per heavy atom. The lowest BCUT2D eigenvalue weighted by molar-refractivity contribution is -0.141. The summed E-state index contributed by atoms with van der Waals surface area (Å²) < 4.78 is 7.00. The predicted octanol–water partition coefficient (Wildman–Crippen LogP) is 0.890. The SMILES string of the molecule is COc1c(CN(C)CC(C)C(=O)O)c(C)nn1C. The number of carboxylic acid groups (broad SMARTS) is 1. The van der Waals surface area contributed by atoms with Crippen LogP contribution in [0.5, 0.6) is 5.88 Å². The molecule has 1 aromatic heterocycles. The summed E-state index contributed by atoms with van der Waals surface area (Å²) in [5, 5.41) is 13.2. The van der Waals surface area contributed by atoms with Crippen LogP contribution in [0.1, 0.15) is 18.2 Å². The van der Waals surface area contributed by atoms with Gasteiger partial charge in [-0.1, -0.05) is 6.92 Å². The van der Waals surface area contributed by atoms with E-state index in [0.717, 1.165) is 17.1 Å². The number of carbonyl (C=O) groups is 1. The number of ether oxygens (including phenoxy) is 1. The Hall–Kier alpha value is -1.56. The minimum Gasteiger partial charge on any atom is -0.481 e. The highest BCUT2D eigenvalue weighted by atomic mass is 16.5. The summed E-state index contributed by atoms with van der Waals surface area (Å²) in [6, 6.07) is 0. The lowest BCUT2D eigenvalue weighted by Gasteiger charge is -2.19. The summed E-state index contributed by atoms with van der Waals surface area (Å²) in [5.41, 5.74) is 1.91. The van der Waals surface area contributed by atoms with Crippen LogP contribution in [-0.4, -0.2) is 46.5 Å². The largest absolute Gasteiger partial charge is 0.481 e. The summed E-state index contributed by atoms with van der Waals surface area (Å²) in [7, 11) is 5.33. The fourth-order valence-electron chi connectivity index (χ4n) is 2.00. The molecule has 0 fully saturated rings. The second kappa shape index (κ2) is 5.86. The molecule has 0 amide bonds. The molecule has 0 bridgehead atoms. The fraction of sp³-hybridized carbons (Fsp3) is 0.667. The summed E-state index contributed by atoms with van der Waals surface area (Å²) in [4.78, 5) is 12.8. The average molecular weight is 255 g/mol. The van der Waals surface area contributed by atoms with Crippen LogP contribution < -0.4 is 4.74 Å². The Morgan fingerprint density at radius 2 is 2.22 bits per heavy atom. The second-order valence-electron chi connectivity index (χ2n) is 4.63. The maximum Gasteiger partial charge on any atom is 0.307 e. The molecular formula is C12H21N3O3. The highest BCUT2D eigenvalue weighted by Gasteiger charge is 2.18. The number of carboxylic acids is 1. The maximum absolute atomic E-state index is 10.8. The topological polar surface area (TPSA) is 67.6 Å². The molecular weight excluding hydrogens is 234 g/mol. The summed E-state index contributed by atoms with van der Waals surface area (Å²) in [6.45, 7) is 4.74. The summed E-state index contributed by atoms with van der Waals surface area (Å²) in [5.74, 6) is -0.447. The first-order valence-electron chi connectivity index (χ1n) is 5.84. The van der Waals surface area contributed by atoms with Gasteiger partial charge in [-0.05, 0) is 14.0 Å². The third-order valence-electron chi connectivity index (χ3n) is 2.92. The highest BCUT2D eigenvalue weighted by molar-refractivity contribution is 5.69. The zero-order valence-electron chi connectivity index (χ0n) is 11.6. The monoisotopic (exact) mass is 255 g/mol. The van der Waals surface area contributed by atoms with Gasteiger partial charge >= 0.3 is 5.97 Å². The molecule has 1 N–H and O–H groups in total. The minimum atomic E-state index is -0.781. The number of rotatable bonds is 6. The van der Waals surface area contributed by atoms with Crippen molar-refractivity contribution >= 4 is 5.97 Å². The van der Waals surface area contributed by atoms with E-state index in [1.807, 2.05) is 25.9 Å². The van der Waals surface area contributed by atoms with Gasteiger partial charge in [0.1, 0.15) is 0 Å². The number of aryl methyl sites for hydroxylation is 2. The molecule has 18 heavy (non-hydrogen) atoms. The molecule has 0 aliphatic carbocycles. The molecule has 0 saturated heterocycles. The lowest BCUT2D eigenvalue weighted by Crippen LogP contribution is -2.28. The van der Waals surface area contributed by atoms with Gasteiger partial charge in [-0.2, -0.15) is 5.10 Å². The predicted molar refractivity (Wildman–Crippen MR) is 67.6 cm³/mol. The maximum atomic E-state index is 10.8. The first kappa shape index (κ1) is 14.5. The van der Waals surface area contributed by atoms with Crippen LogP contribution in [0.3, 0.4) is 0 Å². The van der Waals surface area contributed by atoms with Crippen LogP contribution in [0, 0.1) is 12.8 Å². The van der Waals surface area contributed by atoms with Crippen molar-refractivity contribution in [1.82, 2.24) is 14.7 Å². The minimum absolute atomic E-state index is 0.391. The molecule has 0 aliphatic rings. The molecule has 1 rings (SSSR count). The Bertz CT molecular complexity index is 428. The third kappa shape index (κ3) is 3.22. The van der Waals surface area contributed by atoms with E-state index in [2.05, 4.69) is 5.10 Å². The zero-order chi connectivity index (χ0) is 13.9. The smallest absolute Gasteiger partial charge is 0.307 e. The molecule has 1 aromatic rings. The van der Waals surface area contributed by atoms with Gasteiger partial charge in [0.2, 0.25) is 5.88 Å². The van der Waals surface area contributed by atoms with Crippen LogP contribution in [0.2, 0.25) is 0 Å². The lowest BCUT2D eigenvalue weighted by atomic mass is 10.1. The molecule has 102 valence electrons. The van der Waals surface area contributed by atoms with Crippen LogP contribution >= 0.6 is 0 Å². The summed E-state index contributed by atoms with van der Waals surface area (Å²) in [6.07, 6.45) is 0. The Balaban J connectivity index is 2.75. The second-order valence-corrected chi connectivity index (χ2v) is 4.63. The molecule has 1 unspecified atom stereocenters. The van der Waals surface area contributed by atoms with Crippen molar-refractivity contribution in [3.63, 3.8) is 0 Å². The first-order chi connectivity index (χ1) is 8.36. The van der Waals surface area contributed by atoms with Crippen LogP contribution in [0.25, 0.3) is 0 Å². The number of hydrogen-bond donors (Lipinski definition) is 1. The van der Waals surface area contributed by atoms with Gasteiger partial charge < -0.3 is 14.7 Å². The van der Waals surface area contributed by atoms with Crippen molar-refractivity contribution in [2.75, 3.05) is 20.7 Å². The van der Waals surface area contributed by atoms with Crippen molar-refractivity contribution in [2.24, 2.45) is 13.0 Å². The number of nitrogens with zero attached hydrogens (tertiary/aromatic N) is 3. The Labute approximate surface area is 107 Å². The number of aromatic nitrogens is 2. The molecule has 1 atom stereocenters. The molecule has 0 aromatic carbocycles. The van der Waals surface area contributed by atoms with Gasteiger partial charge in [0.15, 0.2) is 0 Å². The van der Waals surface area contributed by atoms with Gasteiger partial charge in [-0.3, -0.25) is 4.79 Å². The van der Waals surface area contributed by atoms with E-state index >= 15 is 0 Å². The molecule has 6 nitrogen and oxygen atoms in total. The van der Waals surface area contributed by atoms with Crippen molar-refractivity contribution < 1.29 is 14.6 Å². The molecule has 1 heterocycles. The van der Waals surface area contributed by atoms with E-state index in [-0.39, 0.29) is 0 Å². The van der Waals surface area contributed by atoms with E-state index < -0.39 is 11.9 Å². The normalized spacial score (nSPS) is 12.8. The highest BCUT2D eigenvalue weighted by Crippen LogP contribution is 2.22. The van der Waals surface area contributed by atoms with Gasteiger partial charge in [-0.25, -0.2) is 4.68 Å². The van der Waals surface area contributed by atoms with E-state index in [4.69, 9.17) is 9.84 Å². The van der Waals surface area contributed by atoms with Crippen LogP contribution in [-0.2, 0) is 18.4 Å². The standard InChI is InChI=1S/C12H21N3O3/c1-8(12(16)17)6-14(3)7-10-9(2)13-15(4)11(10)18-5/h8H,6-7H2,1-5H3,(H,16,17). The quantitative estimate of drug-likeness (QED) is 0.817. The molecule has 0 spiro atoms. The van der Waals surface area contributed by atoms with Gasteiger partial charge in [0, 0.05) is 20.1 Å². The molecule has 0 radical (unpaired) electrons. The van der Waals surface area contributed by atoms with Crippen molar-refractivity contribution in [3.8, 4) is 5.88 Å². The van der Waals surface area contributed by atoms with Crippen molar-refractivity contribution in [1.29, 1.82) is 0 Å². The van der Waals surface area contributed by atoms with Gasteiger partial charge in [-0.15, -0.1) is 0 Å². The summed E-state index contributed by atoms with van der Waals surface area (Å²) >= 11 is 0. The van der Waals surface area contributed by atoms with Gasteiger partial charge in [0.05, 0.1) is 24.3 Å². The van der Waals surface area contributed by atoms with Crippen molar-refractivity contribution in [2.45, 2.75) is 20.4 Å². The Kier molecular flexibility index (Phi) is 4.72. The third-order valence-corrected chi connectivity index (χ3v) is 2.92. The molecule has 0 saturated carbocycles. The Morgan fingerprint density at radius 3 is 2.72 bits per heavy atom. The average Bonchev–Trinajstić information content (AvgIpc) is 2.53. The zero-order valence-corrected chi connectivity index (χ0v) is 11.6. The van der Waals surface area contributed by atoms with E-state index in [1.165, 1.54) is 0 Å². The molecule has 0 aliphatic heterocycles. The van der Waals surface area contributed by atoms with Crippen LogP contribution in [0.4, 0.5) is 0 Å². The number of hydrogen-bond acceptors (Lipinski definition) is 4. The molecule has 6 heteroatoms. The van der Waals surface area contributed by atoms with E-state index in [1.54, 1.807) is 18.7 Å². The fourth-order valence-corrected chi connectivity index (χ4v) is 2.00. The van der Waals surface area contributed by atoms with Crippen molar-refractivity contribution in [3.05, 3.63) is 11.3 Å². The van der Waals surface area contributed by atoms with Crippen LogP contribution in [0.15, 0.2) is 0 Å². The van der Waals surface area contributed by atoms with E-state index in [0.29, 0.717) is 13.1 Å².